The van der Waals surface area contributed by atoms with Gasteiger partial charge in [-0.05, 0) is 25.8 Å². The van der Waals surface area contributed by atoms with E-state index < -0.39 is 0 Å². The molecule has 0 aromatic rings. The molecule has 0 saturated heterocycles. The molecule has 0 aromatic heterocycles. The van der Waals surface area contributed by atoms with Crippen LogP contribution in [0.3, 0.4) is 0 Å². The van der Waals surface area contributed by atoms with Crippen molar-refractivity contribution in [3.05, 3.63) is 0 Å². The zero-order valence-electron chi connectivity index (χ0n) is 7.81. The van der Waals surface area contributed by atoms with Crippen LogP contribution in [-0.4, -0.2) is 31.7 Å². The Morgan fingerprint density at radius 2 is 2.15 bits per heavy atom. The molecule has 0 aliphatic heterocycles. The van der Waals surface area contributed by atoms with Gasteiger partial charge in [0.1, 0.15) is 0 Å². The van der Waals surface area contributed by atoms with Crippen molar-refractivity contribution in [2.75, 3.05) is 19.8 Å². The second-order valence-corrected chi connectivity index (χ2v) is 3.38. The highest BCUT2D eigenvalue weighted by molar-refractivity contribution is 5.76. The smallest absolute Gasteiger partial charge is 0.221 e. The van der Waals surface area contributed by atoms with Crippen molar-refractivity contribution in [3.8, 4) is 0 Å². The Morgan fingerprint density at radius 1 is 1.38 bits per heavy atom. The summed E-state index contributed by atoms with van der Waals surface area (Å²) < 4.78 is 11.6. The average Bonchev–Trinajstić information content (AvgIpc) is 2.88. The summed E-state index contributed by atoms with van der Waals surface area (Å²) in [5, 5.41) is 5.90. The van der Waals surface area contributed by atoms with Gasteiger partial charge in [-0.25, -0.2) is 0 Å². The summed E-state index contributed by atoms with van der Waals surface area (Å²) in [7, 11) is 0. The number of nitrogens with one attached hydrogen (secondary N) is 2. The zero-order valence-corrected chi connectivity index (χ0v) is 7.81. The third kappa shape index (κ3) is 5.58. The van der Waals surface area contributed by atoms with Gasteiger partial charge in [0.25, 0.3) is 0 Å². The van der Waals surface area contributed by atoms with Crippen molar-refractivity contribution in [1.82, 2.24) is 10.6 Å². The van der Waals surface area contributed by atoms with Crippen LogP contribution in [0.25, 0.3) is 0 Å². The van der Waals surface area contributed by atoms with E-state index in [1.54, 1.807) is 0 Å². The van der Waals surface area contributed by atoms with Gasteiger partial charge in [0, 0.05) is 19.0 Å². The number of carbonyl (C=O) groups excluding carboxylic acids is 1. The molecule has 1 rings (SSSR count). The zero-order chi connectivity index (χ0) is 9.52. The molecule has 0 aromatic carbocycles. The minimum absolute atomic E-state index is 0.107. The van der Waals surface area contributed by atoms with Crippen LogP contribution in [0, 0.1) is 0 Å². The standard InChI is InChI=1S/C9H17FN2O/c10-5-1-6-11-7-4-9(13)12-8-2-3-8/h8,11H,1-7H2,(H,12,13). The summed E-state index contributed by atoms with van der Waals surface area (Å²) in [6, 6.07) is 0.443. The lowest BCUT2D eigenvalue weighted by Crippen LogP contribution is -2.29. The summed E-state index contributed by atoms with van der Waals surface area (Å²) in [5.41, 5.74) is 0. The van der Waals surface area contributed by atoms with E-state index in [4.69, 9.17) is 0 Å². The SMILES string of the molecule is O=C(CCNCCCF)NC1CC1. The molecule has 0 atom stereocenters. The maximum atomic E-state index is 11.6. The molecule has 1 amide bonds. The summed E-state index contributed by atoms with van der Waals surface area (Å²) >= 11 is 0. The number of carbonyl (C=O) groups is 1. The van der Waals surface area contributed by atoms with Crippen LogP contribution in [0.2, 0.25) is 0 Å². The molecule has 0 heterocycles. The molecule has 0 spiro atoms. The molecule has 0 bridgehead atoms. The van der Waals surface area contributed by atoms with Crippen LogP contribution in [0.5, 0.6) is 0 Å². The van der Waals surface area contributed by atoms with Gasteiger partial charge in [0.15, 0.2) is 0 Å². The number of hydrogen-bond acceptors (Lipinski definition) is 2. The van der Waals surface area contributed by atoms with Crippen molar-refractivity contribution >= 4 is 5.91 Å². The van der Waals surface area contributed by atoms with Crippen LogP contribution in [0.1, 0.15) is 25.7 Å². The number of hydrogen-bond donors (Lipinski definition) is 2. The Morgan fingerprint density at radius 3 is 2.77 bits per heavy atom. The normalized spacial score (nSPS) is 15.8. The van der Waals surface area contributed by atoms with E-state index in [0.717, 1.165) is 12.8 Å². The highest BCUT2D eigenvalue weighted by Crippen LogP contribution is 2.18. The molecule has 1 aliphatic rings. The van der Waals surface area contributed by atoms with E-state index in [2.05, 4.69) is 10.6 Å². The first-order chi connectivity index (χ1) is 6.33. The average molecular weight is 188 g/mol. The van der Waals surface area contributed by atoms with E-state index in [-0.39, 0.29) is 12.6 Å². The van der Waals surface area contributed by atoms with Gasteiger partial charge in [-0.3, -0.25) is 9.18 Å². The Balaban J connectivity index is 1.83. The highest BCUT2D eigenvalue weighted by Gasteiger charge is 2.22. The molecule has 13 heavy (non-hydrogen) atoms. The van der Waals surface area contributed by atoms with E-state index in [1.165, 1.54) is 0 Å². The van der Waals surface area contributed by atoms with Gasteiger partial charge in [-0.2, -0.15) is 0 Å². The number of alkyl halides is 1. The molecular formula is C9H17FN2O. The first kappa shape index (κ1) is 10.4. The van der Waals surface area contributed by atoms with Crippen LogP contribution in [-0.2, 0) is 4.79 Å². The second kappa shape index (κ2) is 5.91. The molecule has 1 fully saturated rings. The molecule has 76 valence electrons. The largest absolute Gasteiger partial charge is 0.353 e. The Hall–Kier alpha value is -0.640. The first-order valence-corrected chi connectivity index (χ1v) is 4.89. The van der Waals surface area contributed by atoms with Gasteiger partial charge < -0.3 is 10.6 Å². The van der Waals surface area contributed by atoms with E-state index >= 15 is 0 Å². The van der Waals surface area contributed by atoms with Crippen LogP contribution < -0.4 is 10.6 Å². The van der Waals surface area contributed by atoms with Crippen molar-refractivity contribution in [1.29, 1.82) is 0 Å². The van der Waals surface area contributed by atoms with E-state index in [1.807, 2.05) is 0 Å². The quantitative estimate of drug-likeness (QED) is 0.575. The van der Waals surface area contributed by atoms with Gasteiger partial charge >= 0.3 is 0 Å². The fourth-order valence-electron chi connectivity index (χ4n) is 1.05. The lowest BCUT2D eigenvalue weighted by molar-refractivity contribution is -0.121. The van der Waals surface area contributed by atoms with Crippen LogP contribution in [0.15, 0.2) is 0 Å². The van der Waals surface area contributed by atoms with Crippen molar-refractivity contribution < 1.29 is 9.18 Å². The fourth-order valence-corrected chi connectivity index (χ4v) is 1.05. The number of halogens is 1. The highest BCUT2D eigenvalue weighted by atomic mass is 19.1. The predicted octanol–water partition coefficient (Wildman–Crippen LogP) is 0.604. The predicted molar refractivity (Wildman–Crippen MR) is 49.2 cm³/mol. The molecule has 0 radical (unpaired) electrons. The van der Waals surface area contributed by atoms with Gasteiger partial charge in [0.2, 0.25) is 5.91 Å². The summed E-state index contributed by atoms with van der Waals surface area (Å²) in [6.45, 7) is 1.02. The van der Waals surface area contributed by atoms with Crippen LogP contribution >= 0.6 is 0 Å². The van der Waals surface area contributed by atoms with E-state index in [9.17, 15) is 9.18 Å². The molecule has 4 heteroatoms. The number of rotatable bonds is 7. The summed E-state index contributed by atoms with van der Waals surface area (Å²) in [5.74, 6) is 0.107. The maximum Gasteiger partial charge on any atom is 0.221 e. The Labute approximate surface area is 78.1 Å². The minimum atomic E-state index is -0.290. The summed E-state index contributed by atoms with van der Waals surface area (Å²) in [4.78, 5) is 11.1. The number of amides is 1. The van der Waals surface area contributed by atoms with Crippen LogP contribution in [0.4, 0.5) is 4.39 Å². The lowest BCUT2D eigenvalue weighted by atomic mass is 10.3. The van der Waals surface area contributed by atoms with Gasteiger partial charge in [-0.15, -0.1) is 0 Å². The minimum Gasteiger partial charge on any atom is -0.353 e. The van der Waals surface area contributed by atoms with Crippen molar-refractivity contribution in [3.63, 3.8) is 0 Å². The third-order valence-electron chi connectivity index (χ3n) is 1.96. The van der Waals surface area contributed by atoms with Crippen molar-refractivity contribution in [2.24, 2.45) is 0 Å². The molecule has 1 saturated carbocycles. The molecular weight excluding hydrogens is 171 g/mol. The Kier molecular flexibility index (Phi) is 4.75. The first-order valence-electron chi connectivity index (χ1n) is 4.89. The van der Waals surface area contributed by atoms with Gasteiger partial charge in [0.05, 0.1) is 6.67 Å². The Bertz CT molecular complexity index is 160. The molecule has 2 N–H and O–H groups in total. The lowest BCUT2D eigenvalue weighted by Gasteiger charge is -2.03. The second-order valence-electron chi connectivity index (χ2n) is 3.38. The summed E-state index contributed by atoms with van der Waals surface area (Å²) in [6.07, 6.45) is 3.29. The topological polar surface area (TPSA) is 41.1 Å². The molecule has 1 aliphatic carbocycles. The maximum absolute atomic E-state index is 11.6. The third-order valence-corrected chi connectivity index (χ3v) is 1.96. The van der Waals surface area contributed by atoms with E-state index in [0.29, 0.717) is 32.0 Å². The molecule has 3 nitrogen and oxygen atoms in total. The van der Waals surface area contributed by atoms with Crippen molar-refractivity contribution in [2.45, 2.75) is 31.7 Å². The fraction of sp³-hybridized carbons (Fsp3) is 0.889. The molecule has 0 unspecified atom stereocenters. The monoisotopic (exact) mass is 188 g/mol. The van der Waals surface area contributed by atoms with Gasteiger partial charge in [-0.1, -0.05) is 0 Å².